The molecule has 0 fully saturated rings. The van der Waals surface area contributed by atoms with Gasteiger partial charge in [0.25, 0.3) is 5.91 Å². The van der Waals surface area contributed by atoms with Gasteiger partial charge in [0.15, 0.2) is 11.5 Å². The lowest BCUT2D eigenvalue weighted by Crippen LogP contribution is -2.29. The van der Waals surface area contributed by atoms with Crippen molar-refractivity contribution in [3.8, 4) is 11.5 Å². The van der Waals surface area contributed by atoms with E-state index in [-0.39, 0.29) is 5.91 Å². The van der Waals surface area contributed by atoms with Gasteiger partial charge in [-0.2, -0.15) is 0 Å². The number of amides is 1. The van der Waals surface area contributed by atoms with Gasteiger partial charge in [-0.25, -0.2) is 0 Å². The summed E-state index contributed by atoms with van der Waals surface area (Å²) in [5, 5.41) is 4.01. The standard InChI is InChI=1S/C25H21NO3/c1-28-21-15-19-22-20(26(25(19)27)13-12-16-8-4-3-5-9-16)14-17-10-6-7-11-18(17)23(22)24(21)29-2/h3-11,14-15H,12-13H2,1-2H3. The van der Waals surface area contributed by atoms with E-state index < -0.39 is 0 Å². The lowest BCUT2D eigenvalue weighted by atomic mass is 9.97. The summed E-state index contributed by atoms with van der Waals surface area (Å²) < 4.78 is 11.3. The van der Waals surface area contributed by atoms with Gasteiger partial charge in [0.1, 0.15) is 0 Å². The van der Waals surface area contributed by atoms with Crippen molar-refractivity contribution in [3.63, 3.8) is 0 Å². The van der Waals surface area contributed by atoms with Crippen molar-refractivity contribution in [1.29, 1.82) is 0 Å². The summed E-state index contributed by atoms with van der Waals surface area (Å²) in [6, 6.07) is 22.3. The Morgan fingerprint density at radius 1 is 0.862 bits per heavy atom. The first kappa shape index (κ1) is 17.6. The molecule has 5 rings (SSSR count). The summed E-state index contributed by atoms with van der Waals surface area (Å²) in [5.41, 5.74) is 2.82. The third-order valence-electron chi connectivity index (χ3n) is 5.68. The molecule has 0 atom stereocenters. The Hall–Kier alpha value is -3.53. The van der Waals surface area contributed by atoms with Crippen LogP contribution in [0.15, 0.2) is 66.7 Å². The highest BCUT2D eigenvalue weighted by Gasteiger charge is 2.33. The van der Waals surface area contributed by atoms with Crippen molar-refractivity contribution in [2.75, 3.05) is 25.7 Å². The second-order valence-electron chi connectivity index (χ2n) is 7.22. The van der Waals surface area contributed by atoms with Gasteiger partial charge >= 0.3 is 0 Å². The van der Waals surface area contributed by atoms with Gasteiger partial charge in [0.05, 0.1) is 25.5 Å². The van der Waals surface area contributed by atoms with E-state index in [0.29, 0.717) is 23.6 Å². The Bertz CT molecular complexity index is 1250. The molecule has 1 heterocycles. The molecule has 4 aromatic rings. The summed E-state index contributed by atoms with van der Waals surface area (Å²) in [7, 11) is 3.25. The first-order valence-electron chi connectivity index (χ1n) is 9.69. The van der Waals surface area contributed by atoms with Crippen molar-refractivity contribution in [1.82, 2.24) is 0 Å². The van der Waals surface area contributed by atoms with Crippen molar-refractivity contribution in [2.45, 2.75) is 6.42 Å². The molecule has 0 N–H and O–H groups in total. The summed E-state index contributed by atoms with van der Waals surface area (Å²) in [6.07, 6.45) is 0.795. The second-order valence-corrected chi connectivity index (χ2v) is 7.22. The molecule has 0 spiro atoms. The number of rotatable bonds is 5. The van der Waals surface area contributed by atoms with E-state index in [0.717, 1.165) is 33.7 Å². The third-order valence-corrected chi connectivity index (χ3v) is 5.68. The third kappa shape index (κ3) is 2.64. The average molecular weight is 383 g/mol. The maximum absolute atomic E-state index is 13.4. The molecule has 144 valence electrons. The van der Waals surface area contributed by atoms with Crippen LogP contribution in [0.5, 0.6) is 11.5 Å². The lowest BCUT2D eigenvalue weighted by Gasteiger charge is -2.18. The van der Waals surface area contributed by atoms with E-state index in [2.05, 4.69) is 30.3 Å². The highest BCUT2D eigenvalue weighted by Crippen LogP contribution is 2.49. The summed E-state index contributed by atoms with van der Waals surface area (Å²) in [5.74, 6) is 1.26. The topological polar surface area (TPSA) is 38.8 Å². The smallest absolute Gasteiger partial charge is 0.259 e. The largest absolute Gasteiger partial charge is 0.493 e. The van der Waals surface area contributed by atoms with Crippen LogP contribution in [0.4, 0.5) is 5.69 Å². The molecule has 0 saturated heterocycles. The summed E-state index contributed by atoms with van der Waals surface area (Å²) >= 11 is 0. The zero-order chi connectivity index (χ0) is 20.0. The second kappa shape index (κ2) is 6.82. The molecular formula is C25H21NO3. The molecule has 4 heteroatoms. The van der Waals surface area contributed by atoms with Gasteiger partial charge < -0.3 is 14.4 Å². The number of fused-ring (bicyclic) bond motifs is 2. The minimum Gasteiger partial charge on any atom is -0.493 e. The molecule has 0 saturated carbocycles. The maximum atomic E-state index is 13.4. The Kier molecular flexibility index (Phi) is 4.13. The molecule has 0 aliphatic carbocycles. The molecule has 0 aromatic heterocycles. The van der Waals surface area contributed by atoms with E-state index in [1.807, 2.05) is 41.3 Å². The van der Waals surface area contributed by atoms with Gasteiger partial charge in [-0.1, -0.05) is 54.6 Å². The first-order chi connectivity index (χ1) is 14.2. The monoisotopic (exact) mass is 383 g/mol. The van der Waals surface area contributed by atoms with Crippen LogP contribution >= 0.6 is 0 Å². The number of nitrogens with zero attached hydrogens (tertiary/aromatic N) is 1. The predicted molar refractivity (Wildman–Crippen MR) is 116 cm³/mol. The minimum atomic E-state index is 0.0113. The molecule has 29 heavy (non-hydrogen) atoms. The number of carbonyl (C=O) groups is 1. The Balaban J connectivity index is 1.74. The molecule has 0 bridgehead atoms. The number of methoxy groups -OCH3 is 2. The van der Waals surface area contributed by atoms with Gasteiger partial charge in [-0.3, -0.25) is 4.79 Å². The molecule has 4 nitrogen and oxygen atoms in total. The van der Waals surface area contributed by atoms with Crippen LogP contribution in [0.3, 0.4) is 0 Å². The molecular weight excluding hydrogens is 362 g/mol. The molecule has 1 aliphatic rings. The normalized spacial score (nSPS) is 12.8. The number of carbonyl (C=O) groups excluding carboxylic acids is 1. The minimum absolute atomic E-state index is 0.0113. The molecule has 4 aromatic carbocycles. The fourth-order valence-electron chi connectivity index (χ4n) is 4.33. The lowest BCUT2D eigenvalue weighted by molar-refractivity contribution is 0.0993. The highest BCUT2D eigenvalue weighted by atomic mass is 16.5. The molecule has 0 radical (unpaired) electrons. The fraction of sp³-hybridized carbons (Fsp3) is 0.160. The molecule has 1 aliphatic heterocycles. The predicted octanol–water partition coefficient (Wildman–Crippen LogP) is 5.21. The van der Waals surface area contributed by atoms with Crippen molar-refractivity contribution in [2.24, 2.45) is 0 Å². The van der Waals surface area contributed by atoms with Crippen LogP contribution in [-0.4, -0.2) is 26.7 Å². The molecule has 1 amide bonds. The first-order valence-corrected chi connectivity index (χ1v) is 9.69. The number of benzene rings is 4. The zero-order valence-corrected chi connectivity index (χ0v) is 16.4. The zero-order valence-electron chi connectivity index (χ0n) is 16.4. The highest BCUT2D eigenvalue weighted by molar-refractivity contribution is 6.31. The molecule has 0 unspecified atom stereocenters. The average Bonchev–Trinajstić information content (AvgIpc) is 3.03. The number of hydrogen-bond acceptors (Lipinski definition) is 3. The SMILES string of the molecule is COc1cc2c3c(cc4ccccc4c3c1OC)N(CCc1ccccc1)C2=O. The van der Waals surface area contributed by atoms with Crippen LogP contribution < -0.4 is 14.4 Å². The van der Waals surface area contributed by atoms with Gasteiger partial charge in [0.2, 0.25) is 0 Å². The van der Waals surface area contributed by atoms with Crippen LogP contribution in [0.25, 0.3) is 21.5 Å². The Labute approximate surface area is 169 Å². The number of anilines is 1. The van der Waals surface area contributed by atoms with Crippen LogP contribution in [-0.2, 0) is 6.42 Å². The summed E-state index contributed by atoms with van der Waals surface area (Å²) in [4.78, 5) is 15.3. The van der Waals surface area contributed by atoms with E-state index in [1.54, 1.807) is 14.2 Å². The summed E-state index contributed by atoms with van der Waals surface area (Å²) in [6.45, 7) is 0.621. The van der Waals surface area contributed by atoms with E-state index in [9.17, 15) is 4.79 Å². The van der Waals surface area contributed by atoms with Crippen molar-refractivity contribution in [3.05, 3.63) is 77.9 Å². The van der Waals surface area contributed by atoms with Gasteiger partial charge in [-0.05, 0) is 34.9 Å². The fourth-order valence-corrected chi connectivity index (χ4v) is 4.33. The van der Waals surface area contributed by atoms with Crippen LogP contribution in [0.2, 0.25) is 0 Å². The van der Waals surface area contributed by atoms with Crippen LogP contribution in [0.1, 0.15) is 15.9 Å². The maximum Gasteiger partial charge on any atom is 0.259 e. The van der Waals surface area contributed by atoms with Gasteiger partial charge in [0, 0.05) is 17.3 Å². The number of ether oxygens (including phenoxy) is 2. The Morgan fingerprint density at radius 2 is 1.62 bits per heavy atom. The van der Waals surface area contributed by atoms with Crippen LogP contribution in [0, 0.1) is 0 Å². The van der Waals surface area contributed by atoms with E-state index in [1.165, 1.54) is 5.56 Å². The Morgan fingerprint density at radius 3 is 2.38 bits per heavy atom. The van der Waals surface area contributed by atoms with Gasteiger partial charge in [-0.15, -0.1) is 0 Å². The quantitative estimate of drug-likeness (QED) is 0.444. The van der Waals surface area contributed by atoms with E-state index >= 15 is 0 Å². The van der Waals surface area contributed by atoms with Crippen molar-refractivity contribution < 1.29 is 14.3 Å². The van der Waals surface area contributed by atoms with Crippen molar-refractivity contribution >= 4 is 33.1 Å². The van der Waals surface area contributed by atoms with E-state index in [4.69, 9.17) is 9.47 Å². The number of hydrogen-bond donors (Lipinski definition) is 0.